The van der Waals surface area contributed by atoms with Gasteiger partial charge in [0, 0.05) is 6.26 Å². The minimum atomic E-state index is -3.28. The Morgan fingerprint density at radius 1 is 1.36 bits per heavy atom. The largest absolute Gasteiger partial charge is 0.361 e. The summed E-state index contributed by atoms with van der Waals surface area (Å²) in [6.45, 7) is 1.64. The standard InChI is InChI=1S/C13H11N3O4S2/c1-7-9(6-14-20-7)12(17)16-13-15-10-4-3-8(22(2,18)19)5-11(10)21-13/h3-6H,1-2H3,(H,15,16,17). The van der Waals surface area contributed by atoms with Gasteiger partial charge in [-0.25, -0.2) is 13.4 Å². The van der Waals surface area contributed by atoms with Crippen LogP contribution in [0, 0.1) is 6.92 Å². The molecule has 0 unspecified atom stereocenters. The molecule has 0 radical (unpaired) electrons. The molecule has 3 aromatic rings. The van der Waals surface area contributed by atoms with Gasteiger partial charge in [0.05, 0.1) is 21.3 Å². The van der Waals surface area contributed by atoms with Crippen molar-refractivity contribution in [1.82, 2.24) is 10.1 Å². The summed E-state index contributed by atoms with van der Waals surface area (Å²) in [4.78, 5) is 16.5. The maximum absolute atomic E-state index is 12.1. The number of rotatable bonds is 3. The van der Waals surface area contributed by atoms with Gasteiger partial charge in [0.15, 0.2) is 15.0 Å². The fraction of sp³-hybridized carbons (Fsp3) is 0.154. The number of benzene rings is 1. The molecule has 1 aromatic carbocycles. The second kappa shape index (κ2) is 5.18. The molecule has 3 rings (SSSR count). The zero-order chi connectivity index (χ0) is 15.9. The van der Waals surface area contributed by atoms with Crippen LogP contribution in [0.2, 0.25) is 0 Å². The molecule has 7 nitrogen and oxygen atoms in total. The third-order valence-electron chi connectivity index (χ3n) is 3.00. The summed E-state index contributed by atoms with van der Waals surface area (Å²) in [6.07, 6.45) is 2.48. The average Bonchev–Trinajstić information content (AvgIpc) is 3.01. The van der Waals surface area contributed by atoms with Crippen LogP contribution in [0.1, 0.15) is 16.1 Å². The van der Waals surface area contributed by atoms with Crippen LogP contribution in [0.15, 0.2) is 33.8 Å². The topological polar surface area (TPSA) is 102 Å². The number of nitrogens with one attached hydrogen (secondary N) is 1. The van der Waals surface area contributed by atoms with Gasteiger partial charge in [0.2, 0.25) is 0 Å². The third kappa shape index (κ3) is 2.72. The Bertz CT molecular complexity index is 972. The molecule has 0 aliphatic carbocycles. The van der Waals surface area contributed by atoms with E-state index in [-0.39, 0.29) is 10.8 Å². The first-order valence-corrected chi connectivity index (χ1v) is 8.88. The van der Waals surface area contributed by atoms with E-state index in [2.05, 4.69) is 15.5 Å². The van der Waals surface area contributed by atoms with E-state index in [0.717, 1.165) is 6.26 Å². The van der Waals surface area contributed by atoms with E-state index in [1.54, 1.807) is 19.1 Å². The second-order valence-corrected chi connectivity index (χ2v) is 7.72. The van der Waals surface area contributed by atoms with Crippen molar-refractivity contribution in [1.29, 1.82) is 0 Å². The van der Waals surface area contributed by atoms with Gasteiger partial charge in [0.25, 0.3) is 5.91 Å². The zero-order valence-electron chi connectivity index (χ0n) is 11.7. The summed E-state index contributed by atoms with van der Waals surface area (Å²) in [5.41, 5.74) is 0.950. The fourth-order valence-electron chi connectivity index (χ4n) is 1.87. The highest BCUT2D eigenvalue weighted by molar-refractivity contribution is 7.90. The first-order chi connectivity index (χ1) is 10.3. The third-order valence-corrected chi connectivity index (χ3v) is 5.05. The van der Waals surface area contributed by atoms with E-state index >= 15 is 0 Å². The molecule has 22 heavy (non-hydrogen) atoms. The summed E-state index contributed by atoms with van der Waals surface area (Å²) in [6, 6.07) is 4.65. The normalized spacial score (nSPS) is 11.7. The average molecular weight is 337 g/mol. The molecule has 9 heteroatoms. The molecule has 1 N–H and O–H groups in total. The summed E-state index contributed by atoms with van der Waals surface area (Å²) in [5, 5.41) is 6.58. The molecule has 0 spiro atoms. The molecule has 2 aromatic heterocycles. The van der Waals surface area contributed by atoms with Crippen molar-refractivity contribution < 1.29 is 17.7 Å². The molecule has 0 saturated carbocycles. The number of aromatic nitrogens is 2. The number of hydrogen-bond donors (Lipinski definition) is 1. The van der Waals surface area contributed by atoms with Crippen LogP contribution in [0.25, 0.3) is 10.2 Å². The molecule has 0 bridgehead atoms. The van der Waals surface area contributed by atoms with Gasteiger partial charge >= 0.3 is 0 Å². The van der Waals surface area contributed by atoms with Crippen molar-refractivity contribution in [2.45, 2.75) is 11.8 Å². The highest BCUT2D eigenvalue weighted by atomic mass is 32.2. The lowest BCUT2D eigenvalue weighted by atomic mass is 10.2. The lowest BCUT2D eigenvalue weighted by Gasteiger charge is -1.97. The van der Waals surface area contributed by atoms with Crippen LogP contribution < -0.4 is 5.32 Å². The Hall–Kier alpha value is -2.26. The van der Waals surface area contributed by atoms with Crippen molar-refractivity contribution >= 4 is 42.4 Å². The molecule has 0 aliphatic rings. The van der Waals surface area contributed by atoms with Crippen LogP contribution in [0.5, 0.6) is 0 Å². The number of carbonyl (C=O) groups excluding carboxylic acids is 1. The van der Waals surface area contributed by atoms with Gasteiger partial charge in [-0.1, -0.05) is 16.5 Å². The van der Waals surface area contributed by atoms with Crippen LogP contribution >= 0.6 is 11.3 Å². The number of amides is 1. The molecule has 0 saturated heterocycles. The first-order valence-electron chi connectivity index (χ1n) is 6.18. The van der Waals surface area contributed by atoms with Gasteiger partial charge in [-0.05, 0) is 25.1 Å². The molecular formula is C13H11N3O4S2. The quantitative estimate of drug-likeness (QED) is 0.786. The molecule has 1 amide bonds. The number of carbonyl (C=O) groups is 1. The SMILES string of the molecule is Cc1oncc1C(=O)Nc1nc2ccc(S(C)(=O)=O)cc2s1. The lowest BCUT2D eigenvalue weighted by molar-refractivity contribution is 0.102. The maximum atomic E-state index is 12.1. The van der Waals surface area contributed by atoms with Crippen molar-refractivity contribution in [3.05, 3.63) is 35.7 Å². The van der Waals surface area contributed by atoms with Crippen molar-refractivity contribution in [2.24, 2.45) is 0 Å². The smallest absolute Gasteiger partial charge is 0.262 e. The Kier molecular flexibility index (Phi) is 3.45. The monoisotopic (exact) mass is 337 g/mol. The van der Waals surface area contributed by atoms with E-state index < -0.39 is 9.84 Å². The highest BCUT2D eigenvalue weighted by Gasteiger charge is 2.16. The van der Waals surface area contributed by atoms with Crippen molar-refractivity contribution in [2.75, 3.05) is 11.6 Å². The second-order valence-electron chi connectivity index (χ2n) is 4.67. The number of nitrogens with zero attached hydrogens (tertiary/aromatic N) is 2. The van der Waals surface area contributed by atoms with Crippen LogP contribution in [0.4, 0.5) is 5.13 Å². The van der Waals surface area contributed by atoms with Crippen molar-refractivity contribution in [3.63, 3.8) is 0 Å². The van der Waals surface area contributed by atoms with E-state index in [9.17, 15) is 13.2 Å². The number of sulfone groups is 1. The number of fused-ring (bicyclic) bond motifs is 1. The first kappa shape index (κ1) is 14.7. The Morgan fingerprint density at radius 3 is 2.77 bits per heavy atom. The number of anilines is 1. The van der Waals surface area contributed by atoms with Gasteiger partial charge in [-0.15, -0.1) is 0 Å². The fourth-order valence-corrected chi connectivity index (χ4v) is 3.49. The molecular weight excluding hydrogens is 326 g/mol. The van der Waals surface area contributed by atoms with Crippen LogP contribution in [0.3, 0.4) is 0 Å². The number of hydrogen-bond acceptors (Lipinski definition) is 7. The van der Waals surface area contributed by atoms with Gasteiger partial charge < -0.3 is 4.52 Å². The zero-order valence-corrected chi connectivity index (χ0v) is 13.3. The molecule has 0 aliphatic heterocycles. The van der Waals surface area contributed by atoms with Gasteiger partial charge in [-0.3, -0.25) is 10.1 Å². The van der Waals surface area contributed by atoms with Crippen LogP contribution in [-0.4, -0.2) is 30.7 Å². The summed E-state index contributed by atoms with van der Waals surface area (Å²) < 4.78 is 28.6. The minimum Gasteiger partial charge on any atom is -0.361 e. The number of aryl methyl sites for hydroxylation is 1. The molecule has 0 atom stereocenters. The predicted molar refractivity (Wildman–Crippen MR) is 81.9 cm³/mol. The van der Waals surface area contributed by atoms with E-state index in [0.29, 0.717) is 26.7 Å². The minimum absolute atomic E-state index is 0.219. The Labute approximate surface area is 129 Å². The van der Waals surface area contributed by atoms with Gasteiger partial charge in [-0.2, -0.15) is 0 Å². The highest BCUT2D eigenvalue weighted by Crippen LogP contribution is 2.28. The molecule has 0 fully saturated rings. The lowest BCUT2D eigenvalue weighted by Crippen LogP contribution is -2.11. The van der Waals surface area contributed by atoms with E-state index in [1.165, 1.54) is 23.6 Å². The van der Waals surface area contributed by atoms with Crippen molar-refractivity contribution in [3.8, 4) is 0 Å². The summed E-state index contributed by atoms with van der Waals surface area (Å²) >= 11 is 1.20. The Morgan fingerprint density at radius 2 is 2.14 bits per heavy atom. The van der Waals surface area contributed by atoms with Gasteiger partial charge in [0.1, 0.15) is 11.3 Å². The maximum Gasteiger partial charge on any atom is 0.262 e. The van der Waals surface area contributed by atoms with E-state index in [4.69, 9.17) is 4.52 Å². The molecule has 114 valence electrons. The predicted octanol–water partition coefficient (Wildman–Crippen LogP) is 2.25. The van der Waals surface area contributed by atoms with Crippen LogP contribution in [-0.2, 0) is 9.84 Å². The van der Waals surface area contributed by atoms with E-state index in [1.807, 2.05) is 0 Å². The summed E-state index contributed by atoms with van der Waals surface area (Å²) in [5.74, 6) is 0.0408. The molecule has 2 heterocycles. The summed E-state index contributed by atoms with van der Waals surface area (Å²) in [7, 11) is -3.28. The Balaban J connectivity index is 1.93. The number of thiazole rings is 1.